The van der Waals surface area contributed by atoms with Crippen molar-refractivity contribution in [1.82, 2.24) is 10.3 Å². The van der Waals surface area contributed by atoms with E-state index in [4.69, 9.17) is 14.2 Å². The van der Waals surface area contributed by atoms with Crippen molar-refractivity contribution in [2.75, 3.05) is 21.3 Å². The molecule has 126 valence electrons. The molecule has 0 atom stereocenters. The molecule has 0 aliphatic heterocycles. The van der Waals surface area contributed by atoms with Crippen LogP contribution in [0.5, 0.6) is 17.4 Å². The maximum atomic E-state index is 12.0. The summed E-state index contributed by atoms with van der Waals surface area (Å²) in [6, 6.07) is 9.08. The Bertz CT molecular complexity index is 729. The predicted octanol–water partition coefficient (Wildman–Crippen LogP) is 2.44. The zero-order valence-electron chi connectivity index (χ0n) is 13.9. The highest BCUT2D eigenvalue weighted by Gasteiger charge is 2.05. The number of nitrogens with zero attached hydrogens (tertiary/aromatic N) is 1. The summed E-state index contributed by atoms with van der Waals surface area (Å²) in [7, 11) is 4.69. The lowest BCUT2D eigenvalue weighted by Crippen LogP contribution is -2.20. The molecule has 1 amide bonds. The van der Waals surface area contributed by atoms with Gasteiger partial charge in [0.15, 0.2) is 11.5 Å². The molecule has 0 saturated carbocycles. The molecule has 0 aliphatic rings. The second kappa shape index (κ2) is 8.57. The molecule has 1 aromatic carbocycles. The summed E-state index contributed by atoms with van der Waals surface area (Å²) in [4.78, 5) is 16.0. The number of rotatable bonds is 7. The minimum Gasteiger partial charge on any atom is -0.493 e. The van der Waals surface area contributed by atoms with Crippen molar-refractivity contribution in [3.05, 3.63) is 53.7 Å². The van der Waals surface area contributed by atoms with Crippen LogP contribution in [0, 0.1) is 0 Å². The number of hydrogen-bond acceptors (Lipinski definition) is 5. The molecule has 1 N–H and O–H groups in total. The molecule has 0 radical (unpaired) electrons. The van der Waals surface area contributed by atoms with E-state index in [0.717, 1.165) is 11.1 Å². The summed E-state index contributed by atoms with van der Waals surface area (Å²) in [5.41, 5.74) is 1.65. The fourth-order valence-corrected chi connectivity index (χ4v) is 2.11. The highest BCUT2D eigenvalue weighted by atomic mass is 16.5. The molecule has 0 fully saturated rings. The van der Waals surface area contributed by atoms with Gasteiger partial charge >= 0.3 is 0 Å². The third-order valence-electron chi connectivity index (χ3n) is 3.33. The van der Waals surface area contributed by atoms with Gasteiger partial charge in [0.2, 0.25) is 11.8 Å². The van der Waals surface area contributed by atoms with Crippen LogP contribution in [-0.2, 0) is 11.3 Å². The first kappa shape index (κ1) is 17.3. The molecule has 6 heteroatoms. The van der Waals surface area contributed by atoms with Crippen LogP contribution >= 0.6 is 0 Å². The normalized spacial score (nSPS) is 10.5. The van der Waals surface area contributed by atoms with E-state index >= 15 is 0 Å². The quantitative estimate of drug-likeness (QED) is 0.791. The Hall–Kier alpha value is -3.02. The number of benzene rings is 1. The molecule has 0 bridgehead atoms. The van der Waals surface area contributed by atoms with Crippen molar-refractivity contribution in [2.45, 2.75) is 6.54 Å². The predicted molar refractivity (Wildman–Crippen MR) is 91.2 cm³/mol. The molecule has 2 aromatic rings. The van der Waals surface area contributed by atoms with Gasteiger partial charge < -0.3 is 19.5 Å². The number of amides is 1. The van der Waals surface area contributed by atoms with Crippen molar-refractivity contribution in [1.29, 1.82) is 0 Å². The number of carbonyl (C=O) groups excluding carboxylic acids is 1. The average molecular weight is 328 g/mol. The lowest BCUT2D eigenvalue weighted by Gasteiger charge is -2.08. The average Bonchev–Trinajstić information content (AvgIpc) is 2.64. The molecule has 24 heavy (non-hydrogen) atoms. The van der Waals surface area contributed by atoms with E-state index in [1.807, 2.05) is 12.1 Å². The molecule has 0 unspecified atom stereocenters. The first-order valence-corrected chi connectivity index (χ1v) is 7.33. The van der Waals surface area contributed by atoms with Gasteiger partial charge in [-0.2, -0.15) is 0 Å². The second-order valence-corrected chi connectivity index (χ2v) is 4.84. The number of nitrogens with one attached hydrogen (secondary N) is 1. The van der Waals surface area contributed by atoms with Crippen LogP contribution in [0.1, 0.15) is 11.1 Å². The van der Waals surface area contributed by atoms with E-state index in [1.165, 1.54) is 6.08 Å². The summed E-state index contributed by atoms with van der Waals surface area (Å²) in [6.07, 6.45) is 4.81. The number of pyridine rings is 1. The van der Waals surface area contributed by atoms with Crippen molar-refractivity contribution in [3.63, 3.8) is 0 Å². The molecule has 1 aromatic heterocycles. The van der Waals surface area contributed by atoms with Gasteiger partial charge in [-0.05, 0) is 29.8 Å². The summed E-state index contributed by atoms with van der Waals surface area (Å²) in [6.45, 7) is 0.339. The molecule has 0 saturated heterocycles. The van der Waals surface area contributed by atoms with E-state index < -0.39 is 0 Å². The largest absolute Gasteiger partial charge is 0.493 e. The first-order valence-electron chi connectivity index (χ1n) is 7.33. The lowest BCUT2D eigenvalue weighted by atomic mass is 10.2. The minimum absolute atomic E-state index is 0.212. The Morgan fingerprint density at radius 3 is 2.62 bits per heavy atom. The van der Waals surface area contributed by atoms with Crippen LogP contribution in [0.4, 0.5) is 0 Å². The van der Waals surface area contributed by atoms with Gasteiger partial charge in [-0.3, -0.25) is 4.79 Å². The Kier molecular flexibility index (Phi) is 6.19. The summed E-state index contributed by atoms with van der Waals surface area (Å²) < 4.78 is 15.6. The highest BCUT2D eigenvalue weighted by molar-refractivity contribution is 5.91. The van der Waals surface area contributed by atoms with Crippen molar-refractivity contribution in [3.8, 4) is 17.4 Å². The number of hydrogen-bond donors (Lipinski definition) is 1. The lowest BCUT2D eigenvalue weighted by molar-refractivity contribution is -0.116. The first-order chi connectivity index (χ1) is 11.7. The number of aromatic nitrogens is 1. The monoisotopic (exact) mass is 328 g/mol. The van der Waals surface area contributed by atoms with E-state index in [2.05, 4.69) is 10.3 Å². The molecule has 1 heterocycles. The molecule has 6 nitrogen and oxygen atoms in total. The van der Waals surface area contributed by atoms with Crippen molar-refractivity contribution < 1.29 is 19.0 Å². The van der Waals surface area contributed by atoms with E-state index in [1.54, 1.807) is 51.8 Å². The molecular formula is C18H20N2O4. The SMILES string of the molecule is COc1ccc(C=CC(=O)NCc2cccnc2OC)cc1OC. The zero-order valence-corrected chi connectivity index (χ0v) is 13.9. The Morgan fingerprint density at radius 1 is 1.12 bits per heavy atom. The third-order valence-corrected chi connectivity index (χ3v) is 3.33. The minimum atomic E-state index is -0.212. The van der Waals surface area contributed by atoms with Crippen LogP contribution in [0.2, 0.25) is 0 Å². The van der Waals surface area contributed by atoms with Crippen molar-refractivity contribution in [2.24, 2.45) is 0 Å². The van der Waals surface area contributed by atoms with Gasteiger partial charge in [0.1, 0.15) is 0 Å². The van der Waals surface area contributed by atoms with Gasteiger partial charge in [0.05, 0.1) is 21.3 Å². The van der Waals surface area contributed by atoms with Gasteiger partial charge in [-0.1, -0.05) is 12.1 Å². The van der Waals surface area contributed by atoms with Gasteiger partial charge in [-0.25, -0.2) is 4.98 Å². The zero-order chi connectivity index (χ0) is 17.4. The maximum absolute atomic E-state index is 12.0. The summed E-state index contributed by atoms with van der Waals surface area (Å²) in [5, 5.41) is 2.79. The molecule has 2 rings (SSSR count). The van der Waals surface area contributed by atoms with Gasteiger partial charge in [0.25, 0.3) is 0 Å². The number of ether oxygens (including phenoxy) is 3. The van der Waals surface area contributed by atoms with E-state index in [9.17, 15) is 4.79 Å². The topological polar surface area (TPSA) is 69.7 Å². The van der Waals surface area contributed by atoms with Crippen LogP contribution in [0.3, 0.4) is 0 Å². The molecular weight excluding hydrogens is 308 g/mol. The maximum Gasteiger partial charge on any atom is 0.244 e. The summed E-state index contributed by atoms with van der Waals surface area (Å²) in [5.74, 6) is 1.54. The van der Waals surface area contributed by atoms with Crippen LogP contribution in [0.25, 0.3) is 6.08 Å². The van der Waals surface area contributed by atoms with Gasteiger partial charge in [-0.15, -0.1) is 0 Å². The molecule has 0 spiro atoms. The number of methoxy groups -OCH3 is 3. The smallest absolute Gasteiger partial charge is 0.244 e. The number of carbonyl (C=O) groups is 1. The fourth-order valence-electron chi connectivity index (χ4n) is 2.11. The van der Waals surface area contributed by atoms with Crippen LogP contribution in [-0.4, -0.2) is 32.2 Å². The van der Waals surface area contributed by atoms with Crippen LogP contribution < -0.4 is 19.5 Å². The molecule has 0 aliphatic carbocycles. The second-order valence-electron chi connectivity index (χ2n) is 4.84. The van der Waals surface area contributed by atoms with Crippen LogP contribution in [0.15, 0.2) is 42.6 Å². The Morgan fingerprint density at radius 2 is 1.92 bits per heavy atom. The van der Waals surface area contributed by atoms with E-state index in [0.29, 0.717) is 23.9 Å². The van der Waals surface area contributed by atoms with Crippen molar-refractivity contribution >= 4 is 12.0 Å². The third kappa shape index (κ3) is 4.49. The fraction of sp³-hybridized carbons (Fsp3) is 0.222. The Balaban J connectivity index is 1.98. The highest BCUT2D eigenvalue weighted by Crippen LogP contribution is 2.27. The van der Waals surface area contributed by atoms with Gasteiger partial charge in [0, 0.05) is 24.4 Å². The standard InChI is InChI=1S/C18H20N2O4/c1-22-15-8-6-13(11-16(15)23-2)7-9-17(21)20-12-14-5-4-10-19-18(14)24-3/h4-11H,12H2,1-3H3,(H,20,21). The summed E-state index contributed by atoms with van der Waals surface area (Å²) >= 11 is 0. The Labute approximate surface area is 141 Å². The van der Waals surface area contributed by atoms with E-state index in [-0.39, 0.29) is 5.91 Å².